The van der Waals surface area contributed by atoms with Crippen molar-refractivity contribution in [3.63, 3.8) is 0 Å². The number of aliphatic hydroxyl groups excluding tert-OH is 2. The first-order valence-electron chi connectivity index (χ1n) is 5.98. The van der Waals surface area contributed by atoms with Crippen molar-refractivity contribution < 1.29 is 10.2 Å². The second kappa shape index (κ2) is 4.55. The third-order valence-electron chi connectivity index (χ3n) is 3.11. The monoisotopic (exact) mass is 224 g/mol. The Kier molecular flexibility index (Phi) is 3.30. The first-order chi connectivity index (χ1) is 7.58. The molecule has 4 heteroatoms. The molecular formula is C12H20N2O2. The fraction of sp³-hybridized carbons (Fsp3) is 0.750. The van der Waals surface area contributed by atoms with Gasteiger partial charge in [0.05, 0.1) is 17.9 Å². The molecule has 0 radical (unpaired) electrons. The number of aromatic nitrogens is 2. The Labute approximate surface area is 95.9 Å². The van der Waals surface area contributed by atoms with Gasteiger partial charge in [-0.25, -0.2) is 0 Å². The van der Waals surface area contributed by atoms with Gasteiger partial charge in [0.1, 0.15) is 0 Å². The van der Waals surface area contributed by atoms with Gasteiger partial charge in [-0.15, -0.1) is 0 Å². The van der Waals surface area contributed by atoms with E-state index < -0.39 is 12.2 Å². The Morgan fingerprint density at radius 2 is 2.12 bits per heavy atom. The lowest BCUT2D eigenvalue weighted by molar-refractivity contribution is 0.00614. The summed E-state index contributed by atoms with van der Waals surface area (Å²) in [5, 5.41) is 23.9. The highest BCUT2D eigenvalue weighted by Crippen LogP contribution is 2.34. The minimum Gasteiger partial charge on any atom is -0.390 e. The molecule has 0 saturated heterocycles. The summed E-state index contributed by atoms with van der Waals surface area (Å²) in [5.74, 6) is 0.308. The van der Waals surface area contributed by atoms with Crippen LogP contribution in [0.4, 0.5) is 0 Å². The van der Waals surface area contributed by atoms with Crippen molar-refractivity contribution in [3.05, 3.63) is 18.0 Å². The first kappa shape index (κ1) is 11.6. The van der Waals surface area contributed by atoms with Gasteiger partial charge in [0.15, 0.2) is 0 Å². The topological polar surface area (TPSA) is 58.3 Å². The van der Waals surface area contributed by atoms with Gasteiger partial charge in [-0.05, 0) is 38.7 Å². The minimum atomic E-state index is -0.678. The summed E-state index contributed by atoms with van der Waals surface area (Å²) in [6.07, 6.45) is 3.18. The van der Waals surface area contributed by atoms with Crippen LogP contribution in [0.3, 0.4) is 0 Å². The summed E-state index contributed by atoms with van der Waals surface area (Å²) in [5.41, 5.74) is 0.848. The van der Waals surface area contributed by atoms with Crippen LogP contribution in [0.25, 0.3) is 0 Å². The first-order valence-corrected chi connectivity index (χ1v) is 5.98. The second-order valence-electron chi connectivity index (χ2n) is 4.98. The highest BCUT2D eigenvalue weighted by molar-refractivity contribution is 5.03. The third kappa shape index (κ3) is 2.62. The van der Waals surface area contributed by atoms with Crippen molar-refractivity contribution in [1.82, 2.24) is 9.78 Å². The van der Waals surface area contributed by atoms with E-state index in [2.05, 4.69) is 18.9 Å². The van der Waals surface area contributed by atoms with Gasteiger partial charge < -0.3 is 10.2 Å². The van der Waals surface area contributed by atoms with Crippen LogP contribution in [0.1, 0.15) is 38.4 Å². The van der Waals surface area contributed by atoms with E-state index in [0.717, 1.165) is 18.5 Å². The highest BCUT2D eigenvalue weighted by Gasteiger charge is 2.34. The van der Waals surface area contributed by atoms with Gasteiger partial charge in [0.2, 0.25) is 0 Å². The van der Waals surface area contributed by atoms with Crippen LogP contribution in [-0.4, -0.2) is 32.2 Å². The van der Waals surface area contributed by atoms with Crippen molar-refractivity contribution >= 4 is 0 Å². The molecule has 90 valence electrons. The summed E-state index contributed by atoms with van der Waals surface area (Å²) in [6.45, 7) is 4.12. The van der Waals surface area contributed by atoms with E-state index in [1.807, 2.05) is 16.9 Å². The molecule has 1 heterocycles. The molecule has 1 aliphatic carbocycles. The van der Waals surface area contributed by atoms with Crippen LogP contribution in [0, 0.1) is 5.92 Å². The predicted molar refractivity (Wildman–Crippen MR) is 61.1 cm³/mol. The van der Waals surface area contributed by atoms with Crippen LogP contribution in [0.2, 0.25) is 0 Å². The number of rotatable bonds is 5. The van der Waals surface area contributed by atoms with Gasteiger partial charge in [0.25, 0.3) is 0 Å². The zero-order valence-electron chi connectivity index (χ0n) is 9.87. The van der Waals surface area contributed by atoms with Gasteiger partial charge in [-0.2, -0.15) is 5.10 Å². The Morgan fingerprint density at radius 1 is 1.44 bits per heavy atom. The molecule has 2 rings (SSSR count). The largest absolute Gasteiger partial charge is 0.390 e. The molecule has 0 bridgehead atoms. The van der Waals surface area contributed by atoms with Crippen molar-refractivity contribution in [2.45, 2.75) is 51.4 Å². The lowest BCUT2D eigenvalue weighted by Gasteiger charge is -2.15. The van der Waals surface area contributed by atoms with E-state index >= 15 is 0 Å². The Morgan fingerprint density at radius 3 is 2.62 bits per heavy atom. The van der Waals surface area contributed by atoms with Gasteiger partial charge >= 0.3 is 0 Å². The summed E-state index contributed by atoms with van der Waals surface area (Å²) in [4.78, 5) is 0. The summed E-state index contributed by atoms with van der Waals surface area (Å²) in [7, 11) is 0. The molecule has 1 fully saturated rings. The Bertz CT molecular complexity index is 345. The molecule has 2 unspecified atom stereocenters. The zero-order chi connectivity index (χ0) is 11.7. The average molecular weight is 224 g/mol. The normalized spacial score (nSPS) is 20.1. The molecule has 0 spiro atoms. The summed E-state index contributed by atoms with van der Waals surface area (Å²) in [6, 6.07) is 2.24. The van der Waals surface area contributed by atoms with Crippen molar-refractivity contribution in [1.29, 1.82) is 0 Å². The lowest BCUT2D eigenvalue weighted by Crippen LogP contribution is -2.30. The van der Waals surface area contributed by atoms with Crippen LogP contribution in [0.15, 0.2) is 12.3 Å². The van der Waals surface area contributed by atoms with E-state index in [-0.39, 0.29) is 0 Å². The fourth-order valence-corrected chi connectivity index (χ4v) is 1.86. The maximum Gasteiger partial charge on any atom is 0.0857 e. The lowest BCUT2D eigenvalue weighted by atomic mass is 10.1. The number of aliphatic hydroxyl groups is 2. The molecule has 1 aromatic heterocycles. The van der Waals surface area contributed by atoms with Gasteiger partial charge in [-0.3, -0.25) is 4.68 Å². The zero-order valence-corrected chi connectivity index (χ0v) is 9.87. The highest BCUT2D eigenvalue weighted by atomic mass is 16.3. The molecule has 1 saturated carbocycles. The molecule has 0 aliphatic heterocycles. The smallest absolute Gasteiger partial charge is 0.0857 e. The SMILES string of the molecule is CC(C)n1ccc(CC(O)C(O)C2CC2)n1. The maximum absolute atomic E-state index is 9.83. The number of hydrogen-bond acceptors (Lipinski definition) is 3. The molecule has 0 amide bonds. The van der Waals surface area contributed by atoms with E-state index in [1.54, 1.807) is 0 Å². The second-order valence-corrected chi connectivity index (χ2v) is 4.98. The van der Waals surface area contributed by atoms with Crippen LogP contribution < -0.4 is 0 Å². The van der Waals surface area contributed by atoms with Crippen molar-refractivity contribution in [3.8, 4) is 0 Å². The van der Waals surface area contributed by atoms with E-state index in [1.165, 1.54) is 0 Å². The molecule has 1 aliphatic rings. The van der Waals surface area contributed by atoms with E-state index in [0.29, 0.717) is 18.4 Å². The maximum atomic E-state index is 9.83. The van der Waals surface area contributed by atoms with Gasteiger partial charge in [-0.1, -0.05) is 0 Å². The number of hydrogen-bond donors (Lipinski definition) is 2. The number of nitrogens with zero attached hydrogens (tertiary/aromatic N) is 2. The molecule has 2 atom stereocenters. The fourth-order valence-electron chi connectivity index (χ4n) is 1.86. The molecular weight excluding hydrogens is 204 g/mol. The third-order valence-corrected chi connectivity index (χ3v) is 3.11. The summed E-state index contributed by atoms with van der Waals surface area (Å²) < 4.78 is 1.87. The minimum absolute atomic E-state index is 0.308. The standard InChI is InChI=1S/C12H20N2O2/c1-8(2)14-6-5-10(13-14)7-11(15)12(16)9-3-4-9/h5-6,8-9,11-12,15-16H,3-4,7H2,1-2H3. The predicted octanol–water partition coefficient (Wildman–Crippen LogP) is 1.14. The van der Waals surface area contributed by atoms with Gasteiger partial charge in [0, 0.05) is 18.7 Å². The van der Waals surface area contributed by atoms with Crippen LogP contribution >= 0.6 is 0 Å². The molecule has 16 heavy (non-hydrogen) atoms. The molecule has 2 N–H and O–H groups in total. The van der Waals surface area contributed by atoms with E-state index in [9.17, 15) is 10.2 Å². The Balaban J connectivity index is 1.91. The van der Waals surface area contributed by atoms with Crippen molar-refractivity contribution in [2.75, 3.05) is 0 Å². The molecule has 0 aromatic carbocycles. The Hall–Kier alpha value is -0.870. The molecule has 1 aromatic rings. The van der Waals surface area contributed by atoms with Crippen LogP contribution in [-0.2, 0) is 6.42 Å². The van der Waals surface area contributed by atoms with E-state index in [4.69, 9.17) is 0 Å². The molecule has 4 nitrogen and oxygen atoms in total. The van der Waals surface area contributed by atoms with Crippen LogP contribution in [0.5, 0.6) is 0 Å². The quantitative estimate of drug-likeness (QED) is 0.788. The average Bonchev–Trinajstić information content (AvgIpc) is 2.97. The summed E-state index contributed by atoms with van der Waals surface area (Å²) >= 11 is 0. The van der Waals surface area contributed by atoms with Crippen molar-refractivity contribution in [2.24, 2.45) is 5.92 Å².